The van der Waals surface area contributed by atoms with E-state index in [4.69, 9.17) is 28.6 Å². The van der Waals surface area contributed by atoms with Crippen molar-refractivity contribution in [3.05, 3.63) is 247 Å². The standard InChI is InChI=1S/C28H20O2.C18H13BrO2.C10H8BO2/c1-3-12-22(13-4-1)29-24-18-19-27(28(20-24)30-23-14-5-2-6-15-23)26-17-9-11-21-10-7-8-16-25(21)26;19-17-12-11-16(20-14-7-3-1-4-8-14)13-18(17)21-15-9-5-2-6-10-15;12-11-13-10-7-3-5-8-4-1-2-6-9(8)10/h1-20H;1-13H;1-7,12H. The molecule has 1 N–H and O–H groups in total. The molecule has 0 bridgehead atoms. The van der Waals surface area contributed by atoms with Crippen molar-refractivity contribution in [1.29, 1.82) is 0 Å². The molecule has 0 aliphatic carbocycles. The minimum Gasteiger partial charge on any atom is -0.537 e. The van der Waals surface area contributed by atoms with E-state index in [1.807, 2.05) is 194 Å². The van der Waals surface area contributed by atoms with Crippen LogP contribution in [0.5, 0.6) is 51.7 Å². The quantitative estimate of drug-likeness (QED) is 0.130. The maximum Gasteiger partial charge on any atom is 0.569 e. The minimum absolute atomic E-state index is 0.667. The summed E-state index contributed by atoms with van der Waals surface area (Å²) in [4.78, 5) is 0. The van der Waals surface area contributed by atoms with Gasteiger partial charge in [0, 0.05) is 23.1 Å². The molecule has 311 valence electrons. The zero-order valence-corrected chi connectivity index (χ0v) is 36.1. The van der Waals surface area contributed by atoms with Gasteiger partial charge in [0.1, 0.15) is 51.7 Å². The molecule has 0 saturated carbocycles. The smallest absolute Gasteiger partial charge is 0.537 e. The van der Waals surface area contributed by atoms with Crippen molar-refractivity contribution >= 4 is 45.2 Å². The summed E-state index contributed by atoms with van der Waals surface area (Å²) in [7, 11) is 0.696. The molecule has 0 heterocycles. The fourth-order valence-corrected chi connectivity index (χ4v) is 7.12. The first kappa shape index (κ1) is 42.9. The van der Waals surface area contributed by atoms with Crippen LogP contribution < -0.4 is 23.6 Å². The number of halogens is 1. The van der Waals surface area contributed by atoms with Gasteiger partial charge >= 0.3 is 7.69 Å². The third-order valence-corrected chi connectivity index (χ3v) is 10.4. The Morgan fingerprint density at radius 1 is 0.312 bits per heavy atom. The second kappa shape index (κ2) is 21.8. The number of para-hydroxylation sites is 4. The van der Waals surface area contributed by atoms with E-state index in [2.05, 4.69) is 64.5 Å². The molecule has 0 spiro atoms. The van der Waals surface area contributed by atoms with Gasteiger partial charge in [-0.2, -0.15) is 0 Å². The van der Waals surface area contributed by atoms with E-state index in [0.29, 0.717) is 13.4 Å². The van der Waals surface area contributed by atoms with Crippen LogP contribution >= 0.6 is 15.9 Å². The zero-order chi connectivity index (χ0) is 43.8. The molecule has 1 radical (unpaired) electrons. The van der Waals surface area contributed by atoms with Gasteiger partial charge < -0.3 is 28.6 Å². The van der Waals surface area contributed by atoms with Crippen molar-refractivity contribution in [2.75, 3.05) is 0 Å². The molecule has 0 unspecified atom stereocenters. The second-order valence-corrected chi connectivity index (χ2v) is 15.0. The summed E-state index contributed by atoms with van der Waals surface area (Å²) in [5.41, 5.74) is 2.15. The Kier molecular flexibility index (Phi) is 14.6. The Labute approximate surface area is 381 Å². The molecule has 0 atom stereocenters. The molecule has 0 amide bonds. The average Bonchev–Trinajstić information content (AvgIpc) is 3.35. The molecule has 0 fully saturated rings. The third-order valence-electron chi connectivity index (χ3n) is 9.76. The molecule has 0 aromatic heterocycles. The van der Waals surface area contributed by atoms with Gasteiger partial charge in [-0.25, -0.2) is 0 Å². The van der Waals surface area contributed by atoms with Crippen LogP contribution in [0.4, 0.5) is 0 Å². The number of hydrogen-bond donors (Lipinski definition) is 1. The highest BCUT2D eigenvalue weighted by Crippen LogP contribution is 2.40. The fourth-order valence-electron chi connectivity index (χ4n) is 6.79. The number of hydrogen-bond acceptors (Lipinski definition) is 6. The van der Waals surface area contributed by atoms with Crippen molar-refractivity contribution in [2.24, 2.45) is 0 Å². The Bertz CT molecular complexity index is 3020. The van der Waals surface area contributed by atoms with Crippen molar-refractivity contribution in [2.45, 2.75) is 0 Å². The molecule has 64 heavy (non-hydrogen) atoms. The molecule has 0 aliphatic heterocycles. The average molecular weight is 901 g/mol. The molecule has 0 aliphatic rings. The molecular weight excluding hydrogens is 859 g/mol. The molecule has 8 heteroatoms. The number of rotatable bonds is 11. The first-order valence-electron chi connectivity index (χ1n) is 20.5. The van der Waals surface area contributed by atoms with E-state index < -0.39 is 0 Å². The van der Waals surface area contributed by atoms with Gasteiger partial charge in [-0.15, -0.1) is 0 Å². The second-order valence-electron chi connectivity index (χ2n) is 14.1. The summed E-state index contributed by atoms with van der Waals surface area (Å²) >= 11 is 3.49. The van der Waals surface area contributed by atoms with Crippen molar-refractivity contribution in [3.63, 3.8) is 0 Å². The van der Waals surface area contributed by atoms with Crippen LogP contribution in [-0.2, 0) is 0 Å². The molecule has 0 saturated heterocycles. The van der Waals surface area contributed by atoms with E-state index in [1.54, 1.807) is 0 Å². The zero-order valence-electron chi connectivity index (χ0n) is 34.5. The SMILES string of the molecule is Brc1ccc(Oc2ccccc2)cc1Oc1ccccc1.O[B]Oc1cccc2ccccc12.c1ccc(Oc2ccc(-c3cccc4ccccc34)c(Oc3ccccc3)c2)cc1. The van der Waals surface area contributed by atoms with Gasteiger partial charge in [0.05, 0.1) is 4.47 Å². The van der Waals surface area contributed by atoms with Gasteiger partial charge in [-0.1, -0.05) is 152 Å². The summed E-state index contributed by atoms with van der Waals surface area (Å²) < 4.78 is 29.9. The van der Waals surface area contributed by atoms with E-state index >= 15 is 0 Å². The first-order valence-corrected chi connectivity index (χ1v) is 21.3. The fraction of sp³-hybridized carbons (Fsp3) is 0. The van der Waals surface area contributed by atoms with Gasteiger partial charge in [0.2, 0.25) is 0 Å². The lowest BCUT2D eigenvalue weighted by Gasteiger charge is -2.15. The molecule has 10 rings (SSSR count). The minimum atomic E-state index is 0.667. The Morgan fingerprint density at radius 2 is 0.734 bits per heavy atom. The predicted octanol–water partition coefficient (Wildman–Crippen LogP) is 15.9. The van der Waals surface area contributed by atoms with Gasteiger partial charge in [0.15, 0.2) is 0 Å². The van der Waals surface area contributed by atoms with Crippen LogP contribution in [0.25, 0.3) is 32.7 Å². The van der Waals surface area contributed by atoms with Crippen LogP contribution in [0.2, 0.25) is 0 Å². The van der Waals surface area contributed by atoms with Crippen LogP contribution in [0.15, 0.2) is 247 Å². The molecule has 10 aromatic rings. The van der Waals surface area contributed by atoms with Gasteiger partial charge in [-0.3, -0.25) is 0 Å². The monoisotopic (exact) mass is 899 g/mol. The van der Waals surface area contributed by atoms with Crippen LogP contribution in [0.1, 0.15) is 0 Å². The summed E-state index contributed by atoms with van der Waals surface area (Å²) in [6.07, 6.45) is 0. The normalized spacial score (nSPS) is 10.3. The van der Waals surface area contributed by atoms with E-state index in [9.17, 15) is 0 Å². The maximum atomic E-state index is 8.53. The first-order chi connectivity index (χ1) is 31.6. The number of fused-ring (bicyclic) bond motifs is 2. The van der Waals surface area contributed by atoms with E-state index in [1.165, 1.54) is 10.8 Å². The summed E-state index contributed by atoms with van der Waals surface area (Å²) in [6.45, 7) is 0. The summed E-state index contributed by atoms with van der Waals surface area (Å²) in [5.74, 6) is 6.77. The number of benzene rings is 10. The third kappa shape index (κ3) is 11.6. The lowest BCUT2D eigenvalue weighted by Crippen LogP contribution is -1.99. The predicted molar refractivity (Wildman–Crippen MR) is 262 cm³/mol. The van der Waals surface area contributed by atoms with Crippen LogP contribution in [0, 0.1) is 0 Å². The molecule has 10 aromatic carbocycles. The highest BCUT2D eigenvalue weighted by atomic mass is 79.9. The molecular formula is C56H41BBrO6. The van der Waals surface area contributed by atoms with E-state index in [-0.39, 0.29) is 0 Å². The van der Waals surface area contributed by atoms with Crippen molar-refractivity contribution in [1.82, 2.24) is 0 Å². The van der Waals surface area contributed by atoms with Crippen molar-refractivity contribution < 1.29 is 28.6 Å². The van der Waals surface area contributed by atoms with Crippen LogP contribution in [-0.4, -0.2) is 12.7 Å². The summed E-state index contributed by atoms with van der Waals surface area (Å²) in [6, 6.07) is 78.9. The largest absolute Gasteiger partial charge is 0.569 e. The maximum absolute atomic E-state index is 8.53. The molecule has 6 nitrogen and oxygen atoms in total. The Balaban J connectivity index is 0.000000143. The van der Waals surface area contributed by atoms with Gasteiger partial charge in [-0.05, 0) is 117 Å². The van der Waals surface area contributed by atoms with Gasteiger partial charge in [0.25, 0.3) is 0 Å². The van der Waals surface area contributed by atoms with Crippen molar-refractivity contribution in [3.8, 4) is 62.9 Å². The lowest BCUT2D eigenvalue weighted by atomic mass is 9.97. The highest BCUT2D eigenvalue weighted by Gasteiger charge is 2.13. The highest BCUT2D eigenvalue weighted by molar-refractivity contribution is 9.10. The topological polar surface area (TPSA) is 66.4 Å². The Hall–Kier alpha value is -7.78. The van der Waals surface area contributed by atoms with Crippen LogP contribution in [0.3, 0.4) is 0 Å². The lowest BCUT2D eigenvalue weighted by molar-refractivity contribution is 0.456. The number of ether oxygens (including phenoxy) is 4. The summed E-state index contributed by atoms with van der Waals surface area (Å²) in [5, 5.41) is 13.0. The van der Waals surface area contributed by atoms with E-state index in [0.717, 1.165) is 72.4 Å². The Morgan fingerprint density at radius 3 is 1.30 bits per heavy atom.